The molecule has 3 nitrogen and oxygen atoms in total. The van der Waals surface area contributed by atoms with Crippen molar-refractivity contribution < 1.29 is 4.79 Å². The lowest BCUT2D eigenvalue weighted by Crippen LogP contribution is -2.28. The number of hydrogen-bond donors (Lipinski definition) is 2. The highest BCUT2D eigenvalue weighted by atomic mass is 35.5. The quantitative estimate of drug-likeness (QED) is 0.646. The van der Waals surface area contributed by atoms with Crippen molar-refractivity contribution in [1.29, 1.82) is 0 Å². The summed E-state index contributed by atoms with van der Waals surface area (Å²) in [6.45, 7) is 1.21. The molecule has 2 N–H and O–H groups in total. The second-order valence-corrected chi connectivity index (χ2v) is 6.00. The summed E-state index contributed by atoms with van der Waals surface area (Å²) in [5.74, 6) is 1.19. The number of halogens is 1. The molecule has 1 aromatic rings. The van der Waals surface area contributed by atoms with Crippen LogP contribution in [0.15, 0.2) is 24.3 Å². The van der Waals surface area contributed by atoms with Gasteiger partial charge in [-0.1, -0.05) is 36.6 Å². The van der Waals surface area contributed by atoms with Crippen LogP contribution in [0, 0.1) is 0 Å². The van der Waals surface area contributed by atoms with E-state index in [4.69, 9.17) is 11.6 Å². The van der Waals surface area contributed by atoms with E-state index < -0.39 is 0 Å². The molecule has 0 saturated carbocycles. The first-order chi connectivity index (χ1) is 9.74. The van der Waals surface area contributed by atoms with Crippen molar-refractivity contribution >= 4 is 35.0 Å². The minimum Gasteiger partial charge on any atom is -0.324 e. The Morgan fingerprint density at radius 1 is 1.20 bits per heavy atom. The standard InChI is InChI=1S/C15H23ClN2OS/c1-20-11-7-3-2-6-10-17-12-15(19)18-14-9-5-4-8-13(14)16/h4-5,8-9,17H,2-3,6-7,10-12H2,1H3,(H,18,19). The van der Waals surface area contributed by atoms with Crippen molar-refractivity contribution in [3.8, 4) is 0 Å². The third-order valence-corrected chi connectivity index (χ3v) is 3.91. The van der Waals surface area contributed by atoms with Gasteiger partial charge in [0.2, 0.25) is 5.91 Å². The zero-order valence-corrected chi connectivity index (χ0v) is 13.5. The van der Waals surface area contributed by atoms with Crippen LogP contribution in [0.1, 0.15) is 25.7 Å². The number of carbonyl (C=O) groups is 1. The zero-order chi connectivity index (χ0) is 14.6. The largest absolute Gasteiger partial charge is 0.324 e. The van der Waals surface area contributed by atoms with E-state index in [-0.39, 0.29) is 5.91 Å². The fourth-order valence-corrected chi connectivity index (χ4v) is 2.48. The van der Waals surface area contributed by atoms with Gasteiger partial charge in [-0.05, 0) is 43.5 Å². The Labute approximate surface area is 130 Å². The monoisotopic (exact) mass is 314 g/mol. The molecule has 0 aliphatic carbocycles. The smallest absolute Gasteiger partial charge is 0.238 e. The van der Waals surface area contributed by atoms with Crippen molar-refractivity contribution in [1.82, 2.24) is 5.32 Å². The van der Waals surface area contributed by atoms with Crippen molar-refractivity contribution in [2.75, 3.05) is 30.4 Å². The molecule has 5 heteroatoms. The van der Waals surface area contributed by atoms with Gasteiger partial charge in [-0.3, -0.25) is 4.79 Å². The van der Waals surface area contributed by atoms with Crippen molar-refractivity contribution in [3.63, 3.8) is 0 Å². The Morgan fingerprint density at radius 3 is 2.70 bits per heavy atom. The van der Waals surface area contributed by atoms with Gasteiger partial charge in [0.25, 0.3) is 0 Å². The van der Waals surface area contributed by atoms with E-state index in [1.807, 2.05) is 23.9 Å². The summed E-state index contributed by atoms with van der Waals surface area (Å²) in [6.07, 6.45) is 7.04. The first-order valence-electron chi connectivity index (χ1n) is 6.98. The molecule has 0 saturated heterocycles. The first kappa shape index (κ1) is 17.3. The lowest BCUT2D eigenvalue weighted by atomic mass is 10.2. The summed E-state index contributed by atoms with van der Waals surface area (Å²) in [5, 5.41) is 6.51. The van der Waals surface area contributed by atoms with Crippen LogP contribution in [0.3, 0.4) is 0 Å². The van der Waals surface area contributed by atoms with Crippen molar-refractivity contribution in [3.05, 3.63) is 29.3 Å². The Kier molecular flexibility index (Phi) is 9.54. The number of thioether (sulfide) groups is 1. The van der Waals surface area contributed by atoms with E-state index in [2.05, 4.69) is 16.9 Å². The van der Waals surface area contributed by atoms with E-state index in [0.717, 1.165) is 13.0 Å². The van der Waals surface area contributed by atoms with E-state index >= 15 is 0 Å². The first-order valence-corrected chi connectivity index (χ1v) is 8.75. The average molecular weight is 315 g/mol. The number of nitrogens with one attached hydrogen (secondary N) is 2. The molecule has 0 bridgehead atoms. The molecule has 0 spiro atoms. The van der Waals surface area contributed by atoms with Gasteiger partial charge in [-0.15, -0.1) is 0 Å². The number of para-hydroxylation sites is 1. The van der Waals surface area contributed by atoms with Crippen LogP contribution in [0.5, 0.6) is 0 Å². The summed E-state index contributed by atoms with van der Waals surface area (Å²) in [5.41, 5.74) is 0.665. The molecule has 0 fully saturated rings. The number of anilines is 1. The van der Waals surface area contributed by atoms with Gasteiger partial charge < -0.3 is 10.6 Å². The molecular formula is C15H23ClN2OS. The Hall–Kier alpha value is -0.710. The summed E-state index contributed by atoms with van der Waals surface area (Å²) in [4.78, 5) is 11.7. The number of amides is 1. The molecule has 0 atom stereocenters. The number of benzene rings is 1. The van der Waals surface area contributed by atoms with Gasteiger partial charge >= 0.3 is 0 Å². The van der Waals surface area contributed by atoms with Gasteiger partial charge in [0.15, 0.2) is 0 Å². The summed E-state index contributed by atoms with van der Waals surface area (Å²) < 4.78 is 0. The maximum atomic E-state index is 11.7. The lowest BCUT2D eigenvalue weighted by Gasteiger charge is -2.08. The molecule has 0 aliphatic heterocycles. The highest BCUT2D eigenvalue weighted by molar-refractivity contribution is 7.98. The normalized spacial score (nSPS) is 10.5. The fraction of sp³-hybridized carbons (Fsp3) is 0.533. The maximum Gasteiger partial charge on any atom is 0.238 e. The van der Waals surface area contributed by atoms with Crippen molar-refractivity contribution in [2.24, 2.45) is 0 Å². The van der Waals surface area contributed by atoms with Gasteiger partial charge in [-0.2, -0.15) is 11.8 Å². The van der Waals surface area contributed by atoms with E-state index in [0.29, 0.717) is 17.3 Å². The molecule has 0 heterocycles. The average Bonchev–Trinajstić information content (AvgIpc) is 2.44. The van der Waals surface area contributed by atoms with Crippen LogP contribution in [-0.4, -0.2) is 31.0 Å². The number of hydrogen-bond acceptors (Lipinski definition) is 3. The van der Waals surface area contributed by atoms with Crippen LogP contribution >= 0.6 is 23.4 Å². The molecule has 1 rings (SSSR count). The maximum absolute atomic E-state index is 11.7. The Balaban J connectivity index is 2.05. The molecule has 0 unspecified atom stereocenters. The minimum absolute atomic E-state index is 0.0551. The summed E-state index contributed by atoms with van der Waals surface area (Å²) in [7, 11) is 0. The number of unbranched alkanes of at least 4 members (excludes halogenated alkanes) is 3. The molecular weight excluding hydrogens is 292 g/mol. The van der Waals surface area contributed by atoms with Crippen LogP contribution in [-0.2, 0) is 4.79 Å². The van der Waals surface area contributed by atoms with Gasteiger partial charge in [0.1, 0.15) is 0 Å². The highest BCUT2D eigenvalue weighted by Gasteiger charge is 2.04. The number of carbonyl (C=O) groups excluding carboxylic acids is 1. The Bertz CT molecular complexity index is 401. The lowest BCUT2D eigenvalue weighted by molar-refractivity contribution is -0.115. The van der Waals surface area contributed by atoms with Gasteiger partial charge in [0.05, 0.1) is 17.3 Å². The van der Waals surface area contributed by atoms with E-state index in [9.17, 15) is 4.79 Å². The van der Waals surface area contributed by atoms with Crippen LogP contribution in [0.4, 0.5) is 5.69 Å². The third kappa shape index (κ3) is 7.78. The van der Waals surface area contributed by atoms with Gasteiger partial charge in [-0.25, -0.2) is 0 Å². The third-order valence-electron chi connectivity index (χ3n) is 2.89. The SMILES string of the molecule is CSCCCCCCNCC(=O)Nc1ccccc1Cl. The zero-order valence-electron chi connectivity index (χ0n) is 12.0. The second-order valence-electron chi connectivity index (χ2n) is 4.61. The molecule has 1 aromatic carbocycles. The molecule has 0 aromatic heterocycles. The van der Waals surface area contributed by atoms with Crippen LogP contribution < -0.4 is 10.6 Å². The predicted molar refractivity (Wildman–Crippen MR) is 89.8 cm³/mol. The highest BCUT2D eigenvalue weighted by Crippen LogP contribution is 2.19. The second kappa shape index (κ2) is 11.0. The van der Waals surface area contributed by atoms with Gasteiger partial charge in [0, 0.05) is 0 Å². The minimum atomic E-state index is -0.0551. The van der Waals surface area contributed by atoms with E-state index in [1.54, 1.807) is 12.1 Å². The molecule has 20 heavy (non-hydrogen) atoms. The molecule has 0 aliphatic rings. The fourth-order valence-electron chi connectivity index (χ4n) is 1.81. The van der Waals surface area contributed by atoms with Crippen LogP contribution in [0.25, 0.3) is 0 Å². The molecule has 0 radical (unpaired) electrons. The Morgan fingerprint density at radius 2 is 1.95 bits per heavy atom. The topological polar surface area (TPSA) is 41.1 Å². The summed E-state index contributed by atoms with van der Waals surface area (Å²) >= 11 is 7.87. The number of rotatable bonds is 10. The van der Waals surface area contributed by atoms with E-state index in [1.165, 1.54) is 25.0 Å². The predicted octanol–water partition coefficient (Wildman–Crippen LogP) is 3.79. The van der Waals surface area contributed by atoms with Crippen molar-refractivity contribution in [2.45, 2.75) is 25.7 Å². The summed E-state index contributed by atoms with van der Waals surface area (Å²) in [6, 6.07) is 7.25. The molecule has 112 valence electrons. The molecule has 1 amide bonds. The van der Waals surface area contributed by atoms with Crippen LogP contribution in [0.2, 0.25) is 5.02 Å².